The standard InChI is InChI=1S/C8H19N3O2S/c1-8(7-9)14(12,13)10-11-5-3-2-4-6-11/h8,10H,2-7,9H2,1H3. The highest BCUT2D eigenvalue weighted by Crippen LogP contribution is 2.07. The van der Waals surface area contributed by atoms with Crippen LogP contribution in [0.2, 0.25) is 0 Å². The highest BCUT2D eigenvalue weighted by Gasteiger charge is 2.22. The van der Waals surface area contributed by atoms with E-state index in [1.807, 2.05) is 0 Å². The molecule has 1 saturated heterocycles. The van der Waals surface area contributed by atoms with Crippen molar-refractivity contribution in [3.63, 3.8) is 0 Å². The third-order valence-electron chi connectivity index (χ3n) is 2.47. The molecule has 6 heteroatoms. The van der Waals surface area contributed by atoms with Gasteiger partial charge in [0.2, 0.25) is 10.0 Å². The van der Waals surface area contributed by atoms with E-state index in [1.165, 1.54) is 6.42 Å². The molecule has 0 amide bonds. The first kappa shape index (κ1) is 11.9. The van der Waals surface area contributed by atoms with Crippen LogP contribution in [-0.2, 0) is 10.0 Å². The number of rotatable bonds is 4. The third kappa shape index (κ3) is 3.20. The molecule has 5 nitrogen and oxygen atoms in total. The number of nitrogens with two attached hydrogens (primary N) is 1. The van der Waals surface area contributed by atoms with Crippen molar-refractivity contribution in [3.05, 3.63) is 0 Å². The van der Waals surface area contributed by atoms with Gasteiger partial charge in [-0.1, -0.05) is 6.42 Å². The smallest absolute Gasteiger partial charge is 0.228 e. The summed E-state index contributed by atoms with van der Waals surface area (Å²) in [6.07, 6.45) is 3.30. The number of hydrogen-bond donors (Lipinski definition) is 2. The number of nitrogens with zero attached hydrogens (tertiary/aromatic N) is 1. The molecule has 1 rings (SSSR count). The van der Waals surface area contributed by atoms with Crippen molar-refractivity contribution in [2.24, 2.45) is 5.73 Å². The quantitative estimate of drug-likeness (QED) is 0.680. The second kappa shape index (κ2) is 5.06. The van der Waals surface area contributed by atoms with E-state index in [0.717, 1.165) is 25.9 Å². The summed E-state index contributed by atoms with van der Waals surface area (Å²) >= 11 is 0. The van der Waals surface area contributed by atoms with Crippen LogP contribution in [0.5, 0.6) is 0 Å². The van der Waals surface area contributed by atoms with E-state index in [1.54, 1.807) is 11.9 Å². The summed E-state index contributed by atoms with van der Waals surface area (Å²) in [6, 6.07) is 0. The van der Waals surface area contributed by atoms with Gasteiger partial charge < -0.3 is 5.73 Å². The average Bonchev–Trinajstić information content (AvgIpc) is 2.17. The Labute approximate surface area is 85.7 Å². The van der Waals surface area contributed by atoms with Crippen molar-refractivity contribution < 1.29 is 8.42 Å². The molecule has 0 spiro atoms. The second-order valence-electron chi connectivity index (χ2n) is 3.73. The molecule has 0 aliphatic carbocycles. The molecule has 14 heavy (non-hydrogen) atoms. The largest absolute Gasteiger partial charge is 0.329 e. The number of hydrogen-bond acceptors (Lipinski definition) is 4. The summed E-state index contributed by atoms with van der Waals surface area (Å²) < 4.78 is 23.2. The lowest BCUT2D eigenvalue weighted by Crippen LogP contribution is -2.49. The topological polar surface area (TPSA) is 75.4 Å². The van der Waals surface area contributed by atoms with Gasteiger partial charge in [-0.2, -0.15) is 0 Å². The molecule has 1 aliphatic heterocycles. The Bertz CT molecular complexity index is 260. The van der Waals surface area contributed by atoms with Crippen LogP contribution in [0, 0.1) is 0 Å². The minimum absolute atomic E-state index is 0.156. The van der Waals surface area contributed by atoms with E-state index >= 15 is 0 Å². The van der Waals surface area contributed by atoms with Crippen LogP contribution in [0.1, 0.15) is 26.2 Å². The van der Waals surface area contributed by atoms with Gasteiger partial charge in [-0.3, -0.25) is 0 Å². The lowest BCUT2D eigenvalue weighted by Gasteiger charge is -2.27. The molecule has 84 valence electrons. The minimum Gasteiger partial charge on any atom is -0.329 e. The van der Waals surface area contributed by atoms with Gasteiger partial charge in [0.25, 0.3) is 0 Å². The zero-order valence-electron chi connectivity index (χ0n) is 8.57. The Morgan fingerprint density at radius 1 is 1.36 bits per heavy atom. The summed E-state index contributed by atoms with van der Waals surface area (Å²) in [5, 5.41) is 1.25. The van der Waals surface area contributed by atoms with Gasteiger partial charge in [0.15, 0.2) is 0 Å². The van der Waals surface area contributed by atoms with Gasteiger partial charge in [0.05, 0.1) is 5.25 Å². The highest BCUT2D eigenvalue weighted by molar-refractivity contribution is 7.90. The van der Waals surface area contributed by atoms with Gasteiger partial charge in [-0.15, -0.1) is 4.83 Å². The Morgan fingerprint density at radius 2 is 1.93 bits per heavy atom. The van der Waals surface area contributed by atoms with Crippen molar-refractivity contribution in [3.8, 4) is 0 Å². The first-order chi connectivity index (χ1) is 6.56. The molecular formula is C8H19N3O2S. The molecule has 0 aromatic heterocycles. The SMILES string of the molecule is CC(CN)S(=O)(=O)NN1CCCCC1. The van der Waals surface area contributed by atoms with Crippen molar-refractivity contribution in [2.45, 2.75) is 31.4 Å². The van der Waals surface area contributed by atoms with Crippen LogP contribution in [0.4, 0.5) is 0 Å². The maximum absolute atomic E-state index is 11.6. The van der Waals surface area contributed by atoms with Crippen molar-refractivity contribution in [1.29, 1.82) is 0 Å². The Morgan fingerprint density at radius 3 is 2.43 bits per heavy atom. The average molecular weight is 221 g/mol. The first-order valence-electron chi connectivity index (χ1n) is 5.02. The Hall–Kier alpha value is -0.170. The summed E-state index contributed by atoms with van der Waals surface area (Å²) in [4.78, 5) is 2.57. The molecule has 1 unspecified atom stereocenters. The molecule has 0 bridgehead atoms. The molecular weight excluding hydrogens is 202 g/mol. The Balaban J connectivity index is 2.49. The van der Waals surface area contributed by atoms with Crippen molar-refractivity contribution >= 4 is 10.0 Å². The Kier molecular flexibility index (Phi) is 4.31. The number of sulfonamides is 1. The van der Waals surface area contributed by atoms with Crippen LogP contribution in [0.3, 0.4) is 0 Å². The van der Waals surface area contributed by atoms with E-state index in [9.17, 15) is 8.42 Å². The lowest BCUT2D eigenvalue weighted by atomic mass is 10.2. The fourth-order valence-corrected chi connectivity index (χ4v) is 2.36. The summed E-state index contributed by atoms with van der Waals surface area (Å²) in [5.74, 6) is 0. The number of hydrazine groups is 1. The van der Waals surface area contributed by atoms with Gasteiger partial charge in [0, 0.05) is 19.6 Å². The summed E-state index contributed by atoms with van der Waals surface area (Å²) in [7, 11) is -3.26. The highest BCUT2D eigenvalue weighted by atomic mass is 32.2. The summed E-state index contributed by atoms with van der Waals surface area (Å²) in [5.41, 5.74) is 5.33. The second-order valence-corrected chi connectivity index (χ2v) is 5.81. The molecule has 0 aromatic rings. The molecule has 0 saturated carbocycles. The summed E-state index contributed by atoms with van der Waals surface area (Å²) in [6.45, 7) is 3.38. The van der Waals surface area contributed by atoms with Crippen LogP contribution in [-0.4, -0.2) is 38.3 Å². The lowest BCUT2D eigenvalue weighted by molar-refractivity contribution is 0.199. The van der Waals surface area contributed by atoms with E-state index in [0.29, 0.717) is 0 Å². The van der Waals surface area contributed by atoms with E-state index < -0.39 is 15.3 Å². The van der Waals surface area contributed by atoms with Gasteiger partial charge >= 0.3 is 0 Å². The predicted octanol–water partition coefficient (Wildman–Crippen LogP) is -0.346. The maximum Gasteiger partial charge on any atom is 0.228 e. The fraction of sp³-hybridized carbons (Fsp3) is 1.00. The minimum atomic E-state index is -3.26. The number of piperidine rings is 1. The van der Waals surface area contributed by atoms with E-state index in [4.69, 9.17) is 5.73 Å². The van der Waals surface area contributed by atoms with Crippen LogP contribution < -0.4 is 10.6 Å². The zero-order valence-corrected chi connectivity index (χ0v) is 9.39. The molecule has 3 N–H and O–H groups in total. The maximum atomic E-state index is 11.6. The van der Waals surface area contributed by atoms with E-state index in [2.05, 4.69) is 4.83 Å². The fourth-order valence-electron chi connectivity index (χ4n) is 1.38. The van der Waals surface area contributed by atoms with E-state index in [-0.39, 0.29) is 6.54 Å². The molecule has 1 fully saturated rings. The van der Waals surface area contributed by atoms with Crippen LogP contribution >= 0.6 is 0 Å². The zero-order chi connectivity index (χ0) is 10.6. The molecule has 0 radical (unpaired) electrons. The molecule has 1 heterocycles. The number of nitrogens with one attached hydrogen (secondary N) is 1. The molecule has 0 aromatic carbocycles. The molecule has 1 atom stereocenters. The molecule has 1 aliphatic rings. The van der Waals surface area contributed by atoms with Crippen molar-refractivity contribution in [2.75, 3.05) is 19.6 Å². The third-order valence-corrected chi connectivity index (χ3v) is 4.24. The van der Waals surface area contributed by atoms with Crippen LogP contribution in [0.25, 0.3) is 0 Å². The van der Waals surface area contributed by atoms with Crippen LogP contribution in [0.15, 0.2) is 0 Å². The van der Waals surface area contributed by atoms with Gasteiger partial charge in [0.1, 0.15) is 0 Å². The predicted molar refractivity (Wildman–Crippen MR) is 56.0 cm³/mol. The first-order valence-corrected chi connectivity index (χ1v) is 6.57. The van der Waals surface area contributed by atoms with Crippen molar-refractivity contribution in [1.82, 2.24) is 9.84 Å². The van der Waals surface area contributed by atoms with Gasteiger partial charge in [-0.25, -0.2) is 13.4 Å². The normalized spacial score (nSPS) is 22.1. The monoisotopic (exact) mass is 221 g/mol. The van der Waals surface area contributed by atoms with Gasteiger partial charge in [-0.05, 0) is 19.8 Å².